The van der Waals surface area contributed by atoms with E-state index in [9.17, 15) is 17.6 Å². The smallest absolute Gasteiger partial charge is 0.204 e. The molecule has 0 spiro atoms. The summed E-state index contributed by atoms with van der Waals surface area (Å²) in [6.45, 7) is 8.24. The van der Waals surface area contributed by atoms with Crippen LogP contribution in [0.1, 0.15) is 0 Å². The van der Waals surface area contributed by atoms with Crippen LogP contribution in [0.5, 0.6) is 0 Å². The molecule has 0 atom stereocenters. The van der Waals surface area contributed by atoms with Crippen LogP contribution in [0.4, 0.5) is 17.6 Å². The van der Waals surface area contributed by atoms with Gasteiger partial charge in [-0.15, -0.1) is 13.2 Å². The number of alkyl halides is 4. The quantitative estimate of drug-likeness (QED) is 0.484. The first-order chi connectivity index (χ1) is 5.77. The lowest BCUT2D eigenvalue weighted by atomic mass is 10.4. The zero-order chi connectivity index (χ0) is 10.7. The molecule has 76 valence electrons. The minimum atomic E-state index is -3.93. The van der Waals surface area contributed by atoms with Gasteiger partial charge in [-0.3, -0.25) is 0 Å². The molecule has 0 amide bonds. The van der Waals surface area contributed by atoms with E-state index in [1.807, 2.05) is 0 Å². The number of rotatable bonds is 5. The maximum absolute atomic E-state index is 12.6. The highest BCUT2D eigenvalue weighted by Crippen LogP contribution is 2.33. The number of hydrogen-bond donors (Lipinski definition) is 0. The molecule has 0 saturated carbocycles. The van der Waals surface area contributed by atoms with Crippen molar-refractivity contribution in [2.45, 2.75) is 24.9 Å². The fraction of sp³-hybridized carbons (Fsp3) is 0.500. The van der Waals surface area contributed by atoms with Crippen molar-refractivity contribution in [1.82, 2.24) is 0 Å². The first kappa shape index (κ1) is 12.4. The number of hydrogen-bond acceptors (Lipinski definition) is 0. The lowest BCUT2D eigenvalue weighted by molar-refractivity contribution is -0.114. The van der Waals surface area contributed by atoms with Gasteiger partial charge in [-0.05, 0) is 0 Å². The van der Waals surface area contributed by atoms with Crippen LogP contribution in [-0.2, 0) is 0 Å². The summed E-state index contributed by atoms with van der Waals surface area (Å²) >= 11 is 0. The monoisotopic (exact) mass is 212 g/mol. The first-order valence-electron chi connectivity index (χ1n) is 3.70. The highest BCUT2D eigenvalue weighted by atomic mass is 28.3. The van der Waals surface area contributed by atoms with Gasteiger partial charge in [0, 0.05) is 6.04 Å². The summed E-state index contributed by atoms with van der Waals surface area (Å²) in [6.07, 6.45) is -3.61. The van der Waals surface area contributed by atoms with E-state index in [0.29, 0.717) is 0 Å². The fourth-order valence-electron chi connectivity index (χ4n) is 0.813. The van der Waals surface area contributed by atoms with Gasteiger partial charge in [-0.25, -0.2) is 17.6 Å². The van der Waals surface area contributed by atoms with Crippen molar-refractivity contribution in [2.75, 3.05) is 0 Å². The molecule has 0 N–H and O–H groups in total. The Balaban J connectivity index is 4.57. The van der Waals surface area contributed by atoms with Crippen LogP contribution in [0.2, 0.25) is 12.6 Å². The zero-order valence-electron chi connectivity index (χ0n) is 7.37. The average Bonchev–Trinajstić information content (AvgIpc) is 2.03. The van der Waals surface area contributed by atoms with Crippen molar-refractivity contribution in [1.29, 1.82) is 0 Å². The van der Waals surface area contributed by atoms with E-state index in [0.717, 1.165) is 0 Å². The first-order valence-corrected chi connectivity index (χ1v) is 6.57. The zero-order valence-corrected chi connectivity index (χ0v) is 8.37. The van der Waals surface area contributed by atoms with E-state index < -0.39 is 26.5 Å². The molecule has 0 aliphatic rings. The summed E-state index contributed by atoms with van der Waals surface area (Å²) in [5, 5.41) is 0. The maximum atomic E-state index is 12.6. The largest absolute Gasteiger partial charge is 0.305 e. The SMILES string of the molecule is C=C[Si](C)(C=C)CC(F)(F)C(F)F. The van der Waals surface area contributed by atoms with Crippen LogP contribution in [0, 0.1) is 0 Å². The Bertz CT molecular complexity index is 192. The average molecular weight is 212 g/mol. The molecule has 0 aromatic carbocycles. The van der Waals surface area contributed by atoms with E-state index in [1.165, 1.54) is 17.9 Å². The Hall–Kier alpha value is -0.583. The standard InChI is InChI=1S/C8H12F4Si/c1-4-13(3,5-2)6-8(11,12)7(9)10/h4-5,7H,1-2,6H2,3H3. The summed E-state index contributed by atoms with van der Waals surface area (Å²) in [5.41, 5.74) is 2.66. The van der Waals surface area contributed by atoms with Gasteiger partial charge in [0.25, 0.3) is 0 Å². The summed E-state index contributed by atoms with van der Waals surface area (Å²) in [5.74, 6) is -3.93. The third-order valence-corrected chi connectivity index (χ3v) is 4.97. The third kappa shape index (κ3) is 3.34. The molecule has 0 bridgehead atoms. The Morgan fingerprint density at radius 3 is 1.92 bits per heavy atom. The normalized spacial score (nSPS) is 13.1. The molecule has 0 aromatic heterocycles. The van der Waals surface area contributed by atoms with Crippen LogP contribution in [0.25, 0.3) is 0 Å². The Morgan fingerprint density at radius 1 is 1.31 bits per heavy atom. The van der Waals surface area contributed by atoms with E-state index in [1.54, 1.807) is 0 Å². The second-order valence-electron chi connectivity index (χ2n) is 3.15. The second-order valence-corrected chi connectivity index (χ2v) is 7.33. The molecule has 0 heterocycles. The van der Waals surface area contributed by atoms with Crippen LogP contribution in [0.15, 0.2) is 24.6 Å². The Labute approximate surface area is 76.0 Å². The molecule has 0 fully saturated rings. The van der Waals surface area contributed by atoms with E-state index in [4.69, 9.17) is 0 Å². The second kappa shape index (κ2) is 4.08. The van der Waals surface area contributed by atoms with Crippen LogP contribution < -0.4 is 0 Å². The minimum Gasteiger partial charge on any atom is -0.204 e. The third-order valence-electron chi connectivity index (χ3n) is 1.87. The molecular weight excluding hydrogens is 200 g/mol. The van der Waals surface area contributed by atoms with Crippen molar-refractivity contribution < 1.29 is 17.6 Å². The fourth-order valence-corrected chi connectivity index (χ4v) is 2.44. The highest BCUT2D eigenvalue weighted by Gasteiger charge is 2.45. The van der Waals surface area contributed by atoms with Crippen LogP contribution >= 0.6 is 0 Å². The van der Waals surface area contributed by atoms with Crippen LogP contribution in [-0.4, -0.2) is 20.4 Å². The molecule has 0 aliphatic carbocycles. The lowest BCUT2D eigenvalue weighted by Crippen LogP contribution is -2.38. The summed E-state index contributed by atoms with van der Waals surface area (Å²) in [6, 6.07) is -0.829. The Kier molecular flexibility index (Phi) is 3.90. The molecule has 0 aromatic rings. The molecule has 0 nitrogen and oxygen atoms in total. The van der Waals surface area contributed by atoms with Gasteiger partial charge in [0.1, 0.15) is 8.07 Å². The molecule has 5 heteroatoms. The van der Waals surface area contributed by atoms with Crippen molar-refractivity contribution in [3.63, 3.8) is 0 Å². The number of halogens is 4. The van der Waals surface area contributed by atoms with Gasteiger partial charge in [-0.1, -0.05) is 17.9 Å². The Morgan fingerprint density at radius 2 is 1.69 bits per heavy atom. The van der Waals surface area contributed by atoms with E-state index in [2.05, 4.69) is 13.2 Å². The van der Waals surface area contributed by atoms with Gasteiger partial charge in [-0.2, -0.15) is 0 Å². The van der Waals surface area contributed by atoms with Gasteiger partial charge in [0.15, 0.2) is 0 Å². The van der Waals surface area contributed by atoms with Gasteiger partial charge in [0.05, 0.1) is 0 Å². The van der Waals surface area contributed by atoms with Crippen molar-refractivity contribution in [2.24, 2.45) is 0 Å². The molecular formula is C8H12F4Si. The molecule has 0 radical (unpaired) electrons. The summed E-state index contributed by atoms with van der Waals surface area (Å²) in [4.78, 5) is 0. The van der Waals surface area contributed by atoms with Gasteiger partial charge in [0.2, 0.25) is 0 Å². The van der Waals surface area contributed by atoms with E-state index in [-0.39, 0.29) is 0 Å². The summed E-state index contributed by atoms with van der Waals surface area (Å²) < 4.78 is 48.8. The molecule has 0 saturated heterocycles. The topological polar surface area (TPSA) is 0 Å². The van der Waals surface area contributed by atoms with Crippen LogP contribution in [0.3, 0.4) is 0 Å². The molecule has 13 heavy (non-hydrogen) atoms. The summed E-state index contributed by atoms with van der Waals surface area (Å²) in [7, 11) is -2.60. The molecule has 0 aliphatic heterocycles. The predicted octanol–water partition coefficient (Wildman–Crippen LogP) is 3.42. The van der Waals surface area contributed by atoms with E-state index >= 15 is 0 Å². The van der Waals surface area contributed by atoms with Gasteiger partial charge < -0.3 is 0 Å². The predicted molar refractivity (Wildman–Crippen MR) is 47.8 cm³/mol. The lowest BCUT2D eigenvalue weighted by Gasteiger charge is -2.24. The van der Waals surface area contributed by atoms with Crippen molar-refractivity contribution >= 4 is 8.07 Å². The molecule has 0 unspecified atom stereocenters. The van der Waals surface area contributed by atoms with Crippen molar-refractivity contribution in [3.8, 4) is 0 Å². The highest BCUT2D eigenvalue weighted by molar-refractivity contribution is 6.87. The van der Waals surface area contributed by atoms with Crippen molar-refractivity contribution in [3.05, 3.63) is 24.6 Å². The molecule has 0 rings (SSSR count). The van der Waals surface area contributed by atoms with Gasteiger partial charge >= 0.3 is 12.3 Å². The maximum Gasteiger partial charge on any atom is 0.305 e. The minimum absolute atomic E-state index is 0.829.